The highest BCUT2D eigenvalue weighted by Crippen LogP contribution is 2.34. The lowest BCUT2D eigenvalue weighted by atomic mass is 10.0. The van der Waals surface area contributed by atoms with Crippen molar-refractivity contribution < 1.29 is 14.2 Å². The first kappa shape index (κ1) is 19.1. The van der Waals surface area contributed by atoms with Crippen molar-refractivity contribution in [2.45, 2.75) is 32.4 Å². The summed E-state index contributed by atoms with van der Waals surface area (Å²) < 4.78 is 10.9. The third kappa shape index (κ3) is 4.27. The molecule has 1 aromatic heterocycles. The van der Waals surface area contributed by atoms with Crippen LogP contribution in [0.25, 0.3) is 11.4 Å². The Balaban J connectivity index is 1.47. The molecular formula is C21H22N4O4. The number of rotatable bonds is 7. The summed E-state index contributed by atoms with van der Waals surface area (Å²) in [5.74, 6) is 1.74. The molecular weight excluding hydrogens is 372 g/mol. The van der Waals surface area contributed by atoms with Crippen molar-refractivity contribution in [1.29, 1.82) is 0 Å². The van der Waals surface area contributed by atoms with Gasteiger partial charge in [0.1, 0.15) is 5.75 Å². The SMILES string of the molecule is CCOc1ccc(C2CCCN2Cc2nc(-c3cccc([N+](=O)[O-])c3)no2)cc1. The van der Waals surface area contributed by atoms with Crippen LogP contribution < -0.4 is 4.74 Å². The van der Waals surface area contributed by atoms with Crippen molar-refractivity contribution in [3.05, 3.63) is 70.1 Å². The first-order valence-electron chi connectivity index (χ1n) is 9.68. The minimum atomic E-state index is -0.434. The van der Waals surface area contributed by atoms with Crippen LogP contribution in [0.4, 0.5) is 5.69 Å². The van der Waals surface area contributed by atoms with E-state index in [0.717, 1.165) is 25.1 Å². The first-order valence-corrected chi connectivity index (χ1v) is 9.68. The van der Waals surface area contributed by atoms with Gasteiger partial charge in [0.05, 0.1) is 18.1 Å². The van der Waals surface area contributed by atoms with E-state index in [1.807, 2.05) is 19.1 Å². The predicted molar refractivity (Wildman–Crippen MR) is 106 cm³/mol. The van der Waals surface area contributed by atoms with Gasteiger partial charge in [-0.05, 0) is 44.0 Å². The molecule has 0 saturated carbocycles. The first-order chi connectivity index (χ1) is 14.1. The minimum absolute atomic E-state index is 0.00366. The summed E-state index contributed by atoms with van der Waals surface area (Å²) in [4.78, 5) is 17.3. The van der Waals surface area contributed by atoms with E-state index < -0.39 is 4.92 Å². The standard InChI is InChI=1S/C21H22N4O4/c1-2-28-18-10-8-15(9-11-18)19-7-4-12-24(19)14-20-22-21(23-29-20)16-5-3-6-17(13-16)25(26)27/h3,5-6,8-11,13,19H,2,4,7,12,14H2,1H3. The molecule has 1 unspecified atom stereocenters. The van der Waals surface area contributed by atoms with Gasteiger partial charge >= 0.3 is 0 Å². The lowest BCUT2D eigenvalue weighted by molar-refractivity contribution is -0.384. The number of non-ortho nitro benzene ring substituents is 1. The average Bonchev–Trinajstić information content (AvgIpc) is 3.39. The maximum Gasteiger partial charge on any atom is 0.270 e. The van der Waals surface area contributed by atoms with E-state index in [9.17, 15) is 10.1 Å². The maximum absolute atomic E-state index is 11.0. The second-order valence-corrected chi connectivity index (χ2v) is 6.95. The Bertz CT molecular complexity index is 986. The lowest BCUT2D eigenvalue weighted by Crippen LogP contribution is -2.22. The van der Waals surface area contributed by atoms with Gasteiger partial charge in [-0.15, -0.1) is 0 Å². The van der Waals surface area contributed by atoms with Gasteiger partial charge in [-0.1, -0.05) is 29.4 Å². The summed E-state index contributed by atoms with van der Waals surface area (Å²) in [7, 11) is 0. The number of hydrogen-bond acceptors (Lipinski definition) is 7. The average molecular weight is 394 g/mol. The summed E-state index contributed by atoms with van der Waals surface area (Å²) in [6.45, 7) is 4.12. The predicted octanol–water partition coefficient (Wildman–Crippen LogP) is 4.38. The van der Waals surface area contributed by atoms with Crippen LogP contribution >= 0.6 is 0 Å². The summed E-state index contributed by atoms with van der Waals surface area (Å²) in [5.41, 5.74) is 1.81. The van der Waals surface area contributed by atoms with Gasteiger partial charge < -0.3 is 9.26 Å². The van der Waals surface area contributed by atoms with Gasteiger partial charge in [-0.3, -0.25) is 15.0 Å². The molecule has 2 heterocycles. The largest absolute Gasteiger partial charge is 0.494 e. The minimum Gasteiger partial charge on any atom is -0.494 e. The second-order valence-electron chi connectivity index (χ2n) is 6.95. The summed E-state index contributed by atoms with van der Waals surface area (Å²) >= 11 is 0. The Morgan fingerprint density at radius 3 is 2.86 bits per heavy atom. The third-order valence-corrected chi connectivity index (χ3v) is 5.06. The van der Waals surface area contributed by atoms with E-state index >= 15 is 0 Å². The zero-order chi connectivity index (χ0) is 20.2. The number of ether oxygens (including phenoxy) is 1. The number of benzene rings is 2. The third-order valence-electron chi connectivity index (χ3n) is 5.06. The number of nitro groups is 1. The molecule has 4 rings (SSSR count). The highest BCUT2D eigenvalue weighted by Gasteiger charge is 2.27. The highest BCUT2D eigenvalue weighted by atomic mass is 16.6. The molecule has 2 aromatic carbocycles. The summed E-state index contributed by atoms with van der Waals surface area (Å²) in [5, 5.41) is 15.0. The maximum atomic E-state index is 11.0. The quantitative estimate of drug-likeness (QED) is 0.433. The number of nitrogens with zero attached hydrogens (tertiary/aromatic N) is 4. The van der Waals surface area contributed by atoms with Crippen LogP contribution in [-0.4, -0.2) is 33.1 Å². The molecule has 1 fully saturated rings. The van der Waals surface area contributed by atoms with Crippen LogP contribution in [0.2, 0.25) is 0 Å². The van der Waals surface area contributed by atoms with Crippen molar-refractivity contribution >= 4 is 5.69 Å². The normalized spacial score (nSPS) is 16.8. The van der Waals surface area contributed by atoms with Gasteiger partial charge in [0, 0.05) is 23.7 Å². The van der Waals surface area contributed by atoms with Gasteiger partial charge in [0.15, 0.2) is 0 Å². The number of likely N-dealkylation sites (tertiary alicyclic amines) is 1. The van der Waals surface area contributed by atoms with Gasteiger partial charge in [0.2, 0.25) is 11.7 Å². The number of hydrogen-bond donors (Lipinski definition) is 0. The monoisotopic (exact) mass is 394 g/mol. The van der Waals surface area contributed by atoms with Crippen molar-refractivity contribution in [3.8, 4) is 17.1 Å². The fourth-order valence-corrected chi connectivity index (χ4v) is 3.71. The van der Waals surface area contributed by atoms with Crippen LogP contribution in [0.1, 0.15) is 37.3 Å². The zero-order valence-corrected chi connectivity index (χ0v) is 16.2. The molecule has 0 bridgehead atoms. The van der Waals surface area contributed by atoms with Gasteiger partial charge in [0.25, 0.3) is 5.69 Å². The Morgan fingerprint density at radius 2 is 2.10 bits per heavy atom. The summed E-state index contributed by atoms with van der Waals surface area (Å²) in [6.07, 6.45) is 2.17. The Morgan fingerprint density at radius 1 is 1.28 bits per heavy atom. The van der Waals surface area contributed by atoms with Crippen LogP contribution in [0.5, 0.6) is 5.75 Å². The lowest BCUT2D eigenvalue weighted by Gasteiger charge is -2.23. The van der Waals surface area contributed by atoms with Gasteiger partial charge in [-0.2, -0.15) is 4.98 Å². The molecule has 0 N–H and O–H groups in total. The fourth-order valence-electron chi connectivity index (χ4n) is 3.71. The number of nitro benzene ring substituents is 1. The fraction of sp³-hybridized carbons (Fsp3) is 0.333. The molecule has 0 aliphatic carbocycles. The molecule has 1 aliphatic rings. The van der Waals surface area contributed by atoms with Crippen molar-refractivity contribution in [3.63, 3.8) is 0 Å². The second kappa shape index (κ2) is 8.40. The summed E-state index contributed by atoms with van der Waals surface area (Å²) in [6, 6.07) is 14.8. The molecule has 0 amide bonds. The highest BCUT2D eigenvalue weighted by molar-refractivity contribution is 5.58. The van der Waals surface area contributed by atoms with Crippen molar-refractivity contribution in [2.75, 3.05) is 13.2 Å². The van der Waals surface area contributed by atoms with E-state index in [1.165, 1.54) is 17.7 Å². The molecule has 3 aromatic rings. The van der Waals surface area contributed by atoms with Gasteiger partial charge in [-0.25, -0.2) is 0 Å². The van der Waals surface area contributed by atoms with Crippen LogP contribution in [0.3, 0.4) is 0 Å². The smallest absolute Gasteiger partial charge is 0.270 e. The topological polar surface area (TPSA) is 94.5 Å². The van der Waals surface area contributed by atoms with E-state index in [4.69, 9.17) is 9.26 Å². The van der Waals surface area contributed by atoms with E-state index in [0.29, 0.717) is 36.5 Å². The van der Waals surface area contributed by atoms with E-state index in [2.05, 4.69) is 27.2 Å². The zero-order valence-electron chi connectivity index (χ0n) is 16.2. The van der Waals surface area contributed by atoms with Crippen LogP contribution in [0, 0.1) is 10.1 Å². The molecule has 1 saturated heterocycles. The molecule has 1 atom stereocenters. The van der Waals surface area contributed by atoms with Crippen molar-refractivity contribution in [2.24, 2.45) is 0 Å². The van der Waals surface area contributed by atoms with E-state index in [-0.39, 0.29) is 5.69 Å². The Hall–Kier alpha value is -3.26. The van der Waals surface area contributed by atoms with E-state index in [1.54, 1.807) is 12.1 Å². The molecule has 150 valence electrons. The Labute approximate surface area is 168 Å². The molecule has 1 aliphatic heterocycles. The van der Waals surface area contributed by atoms with Crippen molar-refractivity contribution in [1.82, 2.24) is 15.0 Å². The molecule has 8 nitrogen and oxygen atoms in total. The molecule has 0 spiro atoms. The van der Waals surface area contributed by atoms with Crippen LogP contribution in [-0.2, 0) is 6.54 Å². The number of aromatic nitrogens is 2. The Kier molecular flexibility index (Phi) is 5.53. The molecule has 0 radical (unpaired) electrons. The molecule has 29 heavy (non-hydrogen) atoms. The van der Waals surface area contributed by atoms with Crippen LogP contribution in [0.15, 0.2) is 53.1 Å². The molecule has 8 heteroatoms.